The lowest BCUT2D eigenvalue weighted by molar-refractivity contribution is 0.0891. The molecule has 94 valence electrons. The smallest absolute Gasteiger partial charge is 0.251 e. The quantitative estimate of drug-likeness (QED) is 0.870. The zero-order chi connectivity index (χ0) is 12.6. The van der Waals surface area contributed by atoms with Crippen molar-refractivity contribution >= 4 is 16.8 Å². The summed E-state index contributed by atoms with van der Waals surface area (Å²) in [4.78, 5) is 12.1. The second-order valence-electron chi connectivity index (χ2n) is 5.52. The van der Waals surface area contributed by atoms with Crippen molar-refractivity contribution in [2.45, 2.75) is 26.2 Å². The molecule has 2 aromatic rings. The third-order valence-corrected chi connectivity index (χ3v) is 3.94. The largest absolute Gasteiger partial charge is 0.351 e. The molecule has 4 heteroatoms. The Labute approximate surface area is 106 Å². The van der Waals surface area contributed by atoms with Crippen LogP contribution in [0.25, 0.3) is 10.9 Å². The van der Waals surface area contributed by atoms with E-state index >= 15 is 0 Å². The second-order valence-corrected chi connectivity index (χ2v) is 5.52. The molecule has 0 radical (unpaired) electrons. The highest BCUT2D eigenvalue weighted by Crippen LogP contribution is 2.39. The predicted octanol–water partition coefficient (Wildman–Crippen LogP) is 2.48. The van der Waals surface area contributed by atoms with Gasteiger partial charge in [0.05, 0.1) is 11.7 Å². The summed E-state index contributed by atoms with van der Waals surface area (Å²) in [7, 11) is 0. The first-order chi connectivity index (χ1) is 8.66. The number of nitrogens with zero attached hydrogens (tertiary/aromatic N) is 1. The van der Waals surface area contributed by atoms with Gasteiger partial charge >= 0.3 is 0 Å². The summed E-state index contributed by atoms with van der Waals surface area (Å²) in [6.07, 6.45) is 5.47. The highest BCUT2D eigenvalue weighted by atomic mass is 16.1. The van der Waals surface area contributed by atoms with Crippen LogP contribution in [0.4, 0.5) is 0 Å². The van der Waals surface area contributed by atoms with Gasteiger partial charge in [0, 0.05) is 17.5 Å². The Morgan fingerprint density at radius 3 is 3.06 bits per heavy atom. The molecular formula is C14H17N3O. The molecule has 1 aromatic carbocycles. The standard InChI is InChI=1S/C14H17N3O/c1-14(5-2-6-14)9-15-13(18)10-3-4-11-8-16-17-12(11)7-10/h3-4,7-8H,2,5-6,9H2,1H3,(H,15,18)(H,16,17). The lowest BCUT2D eigenvalue weighted by Gasteiger charge is -2.38. The van der Waals surface area contributed by atoms with Gasteiger partial charge in [-0.25, -0.2) is 0 Å². The molecule has 3 rings (SSSR count). The number of carbonyl (C=O) groups is 1. The third kappa shape index (κ3) is 1.98. The summed E-state index contributed by atoms with van der Waals surface area (Å²) in [5.74, 6) is -0.000347. The van der Waals surface area contributed by atoms with Crippen LogP contribution in [0.2, 0.25) is 0 Å². The van der Waals surface area contributed by atoms with Gasteiger partial charge in [-0.15, -0.1) is 0 Å². The van der Waals surface area contributed by atoms with Gasteiger partial charge in [0.15, 0.2) is 0 Å². The van der Waals surface area contributed by atoms with Gasteiger partial charge in [-0.3, -0.25) is 9.89 Å². The fourth-order valence-corrected chi connectivity index (χ4v) is 2.43. The number of rotatable bonds is 3. The minimum absolute atomic E-state index is 0.000347. The predicted molar refractivity (Wildman–Crippen MR) is 70.4 cm³/mol. The number of benzene rings is 1. The van der Waals surface area contributed by atoms with Crippen LogP contribution in [0.5, 0.6) is 0 Å². The van der Waals surface area contributed by atoms with Gasteiger partial charge in [0.1, 0.15) is 0 Å². The summed E-state index contributed by atoms with van der Waals surface area (Å²) < 4.78 is 0. The van der Waals surface area contributed by atoms with Gasteiger partial charge in [-0.2, -0.15) is 5.10 Å². The van der Waals surface area contributed by atoms with Crippen LogP contribution in [-0.2, 0) is 0 Å². The van der Waals surface area contributed by atoms with Gasteiger partial charge in [-0.05, 0) is 30.4 Å². The maximum absolute atomic E-state index is 12.1. The van der Waals surface area contributed by atoms with E-state index in [0.717, 1.165) is 17.4 Å². The monoisotopic (exact) mass is 243 g/mol. The van der Waals surface area contributed by atoms with Crippen molar-refractivity contribution in [2.75, 3.05) is 6.54 Å². The molecule has 1 saturated carbocycles. The van der Waals surface area contributed by atoms with E-state index in [0.29, 0.717) is 11.0 Å². The number of carbonyl (C=O) groups excluding carboxylic acids is 1. The van der Waals surface area contributed by atoms with Crippen molar-refractivity contribution in [3.05, 3.63) is 30.0 Å². The maximum Gasteiger partial charge on any atom is 0.251 e. The molecule has 1 aliphatic carbocycles. The highest BCUT2D eigenvalue weighted by Gasteiger charge is 2.31. The highest BCUT2D eigenvalue weighted by molar-refractivity contribution is 5.97. The van der Waals surface area contributed by atoms with E-state index in [2.05, 4.69) is 22.4 Å². The van der Waals surface area contributed by atoms with Crippen molar-refractivity contribution in [3.63, 3.8) is 0 Å². The molecular weight excluding hydrogens is 226 g/mol. The molecule has 2 N–H and O–H groups in total. The molecule has 0 bridgehead atoms. The van der Waals surface area contributed by atoms with Crippen molar-refractivity contribution < 1.29 is 4.79 Å². The Hall–Kier alpha value is -1.84. The zero-order valence-corrected chi connectivity index (χ0v) is 10.5. The Morgan fingerprint density at radius 2 is 2.33 bits per heavy atom. The number of aromatic amines is 1. The van der Waals surface area contributed by atoms with E-state index in [1.54, 1.807) is 6.20 Å². The van der Waals surface area contributed by atoms with Gasteiger partial charge in [0.25, 0.3) is 5.91 Å². The molecule has 1 aromatic heterocycles. The van der Waals surface area contributed by atoms with Crippen LogP contribution in [0, 0.1) is 5.41 Å². The van der Waals surface area contributed by atoms with E-state index in [1.807, 2.05) is 18.2 Å². The first-order valence-electron chi connectivity index (χ1n) is 6.38. The summed E-state index contributed by atoms with van der Waals surface area (Å²) in [6, 6.07) is 5.61. The number of aromatic nitrogens is 2. The molecule has 0 spiro atoms. The van der Waals surface area contributed by atoms with Gasteiger partial charge in [-0.1, -0.05) is 19.4 Å². The fraction of sp³-hybridized carbons (Fsp3) is 0.429. The number of hydrogen-bond donors (Lipinski definition) is 2. The number of amides is 1. The van der Waals surface area contributed by atoms with Crippen LogP contribution in [-0.4, -0.2) is 22.6 Å². The maximum atomic E-state index is 12.1. The molecule has 0 saturated heterocycles. The van der Waals surface area contributed by atoms with Crippen molar-refractivity contribution in [2.24, 2.45) is 5.41 Å². The summed E-state index contributed by atoms with van der Waals surface area (Å²) in [5, 5.41) is 10.9. The molecule has 1 aliphatic rings. The third-order valence-electron chi connectivity index (χ3n) is 3.94. The molecule has 0 aliphatic heterocycles. The van der Waals surface area contributed by atoms with Crippen molar-refractivity contribution in [3.8, 4) is 0 Å². The summed E-state index contributed by atoms with van der Waals surface area (Å²) in [6.45, 7) is 3.00. The Morgan fingerprint density at radius 1 is 1.50 bits per heavy atom. The van der Waals surface area contributed by atoms with E-state index in [4.69, 9.17) is 0 Å². The van der Waals surface area contributed by atoms with Crippen molar-refractivity contribution in [1.29, 1.82) is 0 Å². The van der Waals surface area contributed by atoms with E-state index in [9.17, 15) is 4.79 Å². The normalized spacial score (nSPS) is 17.4. The first-order valence-corrected chi connectivity index (χ1v) is 6.38. The number of fused-ring (bicyclic) bond motifs is 1. The second kappa shape index (κ2) is 4.12. The Balaban J connectivity index is 1.71. The molecule has 0 atom stereocenters. The van der Waals surface area contributed by atoms with E-state index in [-0.39, 0.29) is 5.91 Å². The molecule has 4 nitrogen and oxygen atoms in total. The number of H-pyrrole nitrogens is 1. The van der Waals surface area contributed by atoms with Crippen LogP contribution in [0.1, 0.15) is 36.5 Å². The minimum atomic E-state index is -0.000347. The fourth-order valence-electron chi connectivity index (χ4n) is 2.43. The van der Waals surface area contributed by atoms with Crippen LogP contribution in [0.15, 0.2) is 24.4 Å². The molecule has 1 heterocycles. The van der Waals surface area contributed by atoms with Crippen LogP contribution in [0.3, 0.4) is 0 Å². The lowest BCUT2D eigenvalue weighted by Crippen LogP contribution is -2.39. The van der Waals surface area contributed by atoms with E-state index in [1.165, 1.54) is 19.3 Å². The topological polar surface area (TPSA) is 57.8 Å². The molecule has 18 heavy (non-hydrogen) atoms. The molecule has 1 amide bonds. The SMILES string of the molecule is CC1(CNC(=O)c2ccc3cn[nH]c3c2)CCC1. The summed E-state index contributed by atoms with van der Waals surface area (Å²) in [5.41, 5.74) is 1.90. The molecule has 0 unspecified atom stereocenters. The Kier molecular flexibility index (Phi) is 2.58. The number of nitrogens with one attached hydrogen (secondary N) is 2. The summed E-state index contributed by atoms with van der Waals surface area (Å²) >= 11 is 0. The minimum Gasteiger partial charge on any atom is -0.351 e. The van der Waals surface area contributed by atoms with Crippen LogP contribution < -0.4 is 5.32 Å². The molecule has 1 fully saturated rings. The van der Waals surface area contributed by atoms with Crippen molar-refractivity contribution in [1.82, 2.24) is 15.5 Å². The Bertz CT molecular complexity index is 583. The first kappa shape index (κ1) is 11.3. The number of hydrogen-bond acceptors (Lipinski definition) is 2. The van der Waals surface area contributed by atoms with E-state index < -0.39 is 0 Å². The van der Waals surface area contributed by atoms with Gasteiger partial charge in [0.2, 0.25) is 0 Å². The average Bonchev–Trinajstić information content (AvgIpc) is 2.80. The van der Waals surface area contributed by atoms with Crippen LogP contribution >= 0.6 is 0 Å². The zero-order valence-electron chi connectivity index (χ0n) is 10.5. The average molecular weight is 243 g/mol. The van der Waals surface area contributed by atoms with Gasteiger partial charge < -0.3 is 5.32 Å². The lowest BCUT2D eigenvalue weighted by atomic mass is 9.70.